The quantitative estimate of drug-likeness (QED) is 0.703. The first kappa shape index (κ1) is 15.2. The van der Waals surface area contributed by atoms with E-state index in [1.54, 1.807) is 6.26 Å². The molecule has 0 unspecified atom stereocenters. The topological polar surface area (TPSA) is 42.4 Å². The zero-order valence-electron chi connectivity index (χ0n) is 13.9. The first-order valence-electron chi connectivity index (χ1n) is 8.57. The summed E-state index contributed by atoms with van der Waals surface area (Å²) in [4.78, 5) is 7.13. The van der Waals surface area contributed by atoms with Crippen molar-refractivity contribution in [1.29, 1.82) is 0 Å². The van der Waals surface area contributed by atoms with Gasteiger partial charge in [-0.2, -0.15) is 0 Å². The number of furan rings is 1. The van der Waals surface area contributed by atoms with Gasteiger partial charge in [-0.15, -0.1) is 0 Å². The Morgan fingerprint density at radius 2 is 2.04 bits per heavy atom. The largest absolute Gasteiger partial charge is 0.459 e. The molecule has 4 rings (SSSR count). The molecule has 2 aromatic heterocycles. The van der Waals surface area contributed by atoms with Gasteiger partial charge in [0.15, 0.2) is 5.76 Å². The molecule has 1 aliphatic rings. The molecular formula is C20H22N2O2. The van der Waals surface area contributed by atoms with Crippen LogP contribution < -0.4 is 0 Å². The van der Waals surface area contributed by atoms with E-state index in [9.17, 15) is 0 Å². The van der Waals surface area contributed by atoms with Crippen LogP contribution in [0.2, 0.25) is 0 Å². The van der Waals surface area contributed by atoms with Crippen molar-refractivity contribution in [2.24, 2.45) is 0 Å². The predicted molar refractivity (Wildman–Crippen MR) is 92.6 cm³/mol. The summed E-state index contributed by atoms with van der Waals surface area (Å²) in [7, 11) is 0. The maximum Gasteiger partial charge on any atom is 0.263 e. The number of aryl methyl sites for hydroxylation is 1. The summed E-state index contributed by atoms with van der Waals surface area (Å²) in [6.45, 7) is 5.00. The Labute approximate surface area is 142 Å². The minimum absolute atomic E-state index is 0.573. The number of rotatable bonds is 4. The average molecular weight is 322 g/mol. The second kappa shape index (κ2) is 6.65. The van der Waals surface area contributed by atoms with Crippen LogP contribution >= 0.6 is 0 Å². The van der Waals surface area contributed by atoms with Crippen molar-refractivity contribution < 1.29 is 8.83 Å². The Balaban J connectivity index is 1.47. The molecule has 4 nitrogen and oxygen atoms in total. The van der Waals surface area contributed by atoms with Crippen LogP contribution in [0.15, 0.2) is 57.6 Å². The summed E-state index contributed by atoms with van der Waals surface area (Å²) in [6.07, 6.45) is 4.13. The van der Waals surface area contributed by atoms with E-state index < -0.39 is 0 Å². The van der Waals surface area contributed by atoms with Crippen LogP contribution in [0, 0.1) is 6.92 Å². The molecule has 24 heavy (non-hydrogen) atoms. The number of piperidine rings is 1. The summed E-state index contributed by atoms with van der Waals surface area (Å²) in [5, 5.41) is 0. The fourth-order valence-corrected chi connectivity index (χ4v) is 3.49. The molecule has 124 valence electrons. The van der Waals surface area contributed by atoms with Crippen molar-refractivity contribution in [2.75, 3.05) is 13.1 Å². The second-order valence-electron chi connectivity index (χ2n) is 6.48. The van der Waals surface area contributed by atoms with E-state index in [2.05, 4.69) is 40.2 Å². The normalized spacial score (nSPS) is 18.8. The van der Waals surface area contributed by atoms with E-state index in [0.717, 1.165) is 31.1 Å². The third kappa shape index (κ3) is 3.15. The number of hydrogen-bond donors (Lipinski definition) is 0. The highest BCUT2D eigenvalue weighted by atomic mass is 16.4. The van der Waals surface area contributed by atoms with Gasteiger partial charge in [-0.3, -0.25) is 4.90 Å². The maximum atomic E-state index is 5.78. The fraction of sp³-hybridized carbons (Fsp3) is 0.350. The molecule has 0 aliphatic carbocycles. The molecule has 0 bridgehead atoms. The molecule has 1 saturated heterocycles. The highest BCUT2D eigenvalue weighted by Crippen LogP contribution is 2.29. The smallest absolute Gasteiger partial charge is 0.263 e. The van der Waals surface area contributed by atoms with Gasteiger partial charge in [0.25, 0.3) is 5.89 Å². The highest BCUT2D eigenvalue weighted by Gasteiger charge is 2.23. The van der Waals surface area contributed by atoms with E-state index in [4.69, 9.17) is 8.83 Å². The van der Waals surface area contributed by atoms with Gasteiger partial charge in [0.2, 0.25) is 0 Å². The molecule has 0 saturated carbocycles. The van der Waals surface area contributed by atoms with E-state index >= 15 is 0 Å². The molecule has 4 heteroatoms. The number of hydrogen-bond acceptors (Lipinski definition) is 4. The molecule has 1 aliphatic heterocycles. The third-order valence-corrected chi connectivity index (χ3v) is 4.77. The van der Waals surface area contributed by atoms with Gasteiger partial charge in [-0.25, -0.2) is 4.98 Å². The maximum absolute atomic E-state index is 5.78. The lowest BCUT2D eigenvalue weighted by molar-refractivity contribution is 0.197. The standard InChI is InChI=1S/C20H22N2O2/c1-15-18(21-20(24-15)19-10-6-12-23-19)14-22-11-5-9-17(13-22)16-7-3-2-4-8-16/h2-4,6-8,10,12,17H,5,9,11,13-14H2,1H3/t17-/m1/s1. The van der Waals surface area contributed by atoms with Crippen molar-refractivity contribution in [3.05, 3.63) is 65.7 Å². The lowest BCUT2D eigenvalue weighted by Gasteiger charge is -2.32. The van der Waals surface area contributed by atoms with Crippen molar-refractivity contribution >= 4 is 0 Å². The fourth-order valence-electron chi connectivity index (χ4n) is 3.49. The summed E-state index contributed by atoms with van der Waals surface area (Å²) >= 11 is 0. The van der Waals surface area contributed by atoms with Crippen molar-refractivity contribution in [3.63, 3.8) is 0 Å². The Hall–Kier alpha value is -2.33. The molecule has 0 radical (unpaired) electrons. The molecule has 0 spiro atoms. The minimum Gasteiger partial charge on any atom is -0.459 e. The van der Waals surface area contributed by atoms with Crippen LogP contribution in [0.25, 0.3) is 11.7 Å². The lowest BCUT2D eigenvalue weighted by Crippen LogP contribution is -2.34. The molecule has 0 N–H and O–H groups in total. The average Bonchev–Trinajstić information content (AvgIpc) is 3.27. The zero-order valence-corrected chi connectivity index (χ0v) is 13.9. The molecule has 1 atom stereocenters. The summed E-state index contributed by atoms with van der Waals surface area (Å²) in [6, 6.07) is 14.6. The van der Waals surface area contributed by atoms with E-state index in [1.807, 2.05) is 19.1 Å². The SMILES string of the molecule is Cc1oc(-c2ccco2)nc1CN1CCC[C@@H](c2ccccc2)C1. The van der Waals surface area contributed by atoms with Crippen LogP contribution in [0.3, 0.4) is 0 Å². The number of nitrogens with zero attached hydrogens (tertiary/aromatic N) is 2. The first-order chi connectivity index (χ1) is 11.8. The summed E-state index contributed by atoms with van der Waals surface area (Å²) in [5.74, 6) is 2.74. The highest BCUT2D eigenvalue weighted by molar-refractivity contribution is 5.44. The van der Waals surface area contributed by atoms with E-state index in [1.165, 1.54) is 18.4 Å². The number of oxazole rings is 1. The Bertz CT molecular complexity index is 777. The zero-order chi connectivity index (χ0) is 16.4. The van der Waals surface area contributed by atoms with Crippen molar-refractivity contribution in [1.82, 2.24) is 9.88 Å². The van der Waals surface area contributed by atoms with Gasteiger partial charge in [0.05, 0.1) is 12.0 Å². The third-order valence-electron chi connectivity index (χ3n) is 4.77. The number of likely N-dealkylation sites (tertiary alicyclic amines) is 1. The van der Waals surface area contributed by atoms with Gasteiger partial charge in [-0.1, -0.05) is 30.3 Å². The molecule has 1 fully saturated rings. The van der Waals surface area contributed by atoms with Crippen LogP contribution in [-0.2, 0) is 6.54 Å². The van der Waals surface area contributed by atoms with Crippen LogP contribution in [-0.4, -0.2) is 23.0 Å². The van der Waals surface area contributed by atoms with Crippen LogP contribution in [0.4, 0.5) is 0 Å². The Morgan fingerprint density at radius 1 is 1.17 bits per heavy atom. The monoisotopic (exact) mass is 322 g/mol. The first-order valence-corrected chi connectivity index (χ1v) is 8.57. The summed E-state index contributed by atoms with van der Waals surface area (Å²) < 4.78 is 11.2. The predicted octanol–water partition coefficient (Wildman–Crippen LogP) is 4.62. The lowest BCUT2D eigenvalue weighted by atomic mass is 9.90. The molecule has 3 heterocycles. The molecular weight excluding hydrogens is 300 g/mol. The van der Waals surface area contributed by atoms with Gasteiger partial charge < -0.3 is 8.83 Å². The van der Waals surface area contributed by atoms with Crippen molar-refractivity contribution in [3.8, 4) is 11.7 Å². The number of benzene rings is 1. The van der Waals surface area contributed by atoms with Gasteiger partial charge >= 0.3 is 0 Å². The van der Waals surface area contributed by atoms with Crippen LogP contribution in [0.5, 0.6) is 0 Å². The number of aromatic nitrogens is 1. The van der Waals surface area contributed by atoms with E-state index in [-0.39, 0.29) is 0 Å². The Kier molecular flexibility index (Phi) is 4.22. The van der Waals surface area contributed by atoms with Gasteiger partial charge in [0.1, 0.15) is 5.76 Å². The Morgan fingerprint density at radius 3 is 2.83 bits per heavy atom. The van der Waals surface area contributed by atoms with Crippen molar-refractivity contribution in [2.45, 2.75) is 32.2 Å². The molecule has 3 aromatic rings. The van der Waals surface area contributed by atoms with Gasteiger partial charge in [0, 0.05) is 13.1 Å². The van der Waals surface area contributed by atoms with E-state index in [0.29, 0.717) is 17.6 Å². The molecule has 0 amide bonds. The van der Waals surface area contributed by atoms with Gasteiger partial charge in [-0.05, 0) is 49.9 Å². The van der Waals surface area contributed by atoms with Crippen LogP contribution in [0.1, 0.15) is 35.8 Å². The minimum atomic E-state index is 0.573. The second-order valence-corrected chi connectivity index (χ2v) is 6.48. The summed E-state index contributed by atoms with van der Waals surface area (Å²) in [5.41, 5.74) is 2.45. The molecule has 1 aromatic carbocycles.